The zero-order chi connectivity index (χ0) is 18.2. The third-order valence-electron chi connectivity index (χ3n) is 4.45. The van der Waals surface area contributed by atoms with Crippen molar-refractivity contribution < 1.29 is 17.6 Å². The van der Waals surface area contributed by atoms with Crippen LogP contribution in [-0.4, -0.2) is 48.0 Å². The number of aromatic nitrogens is 1. The molecule has 3 rings (SSSR count). The number of hydrogen-bond donors (Lipinski definition) is 1. The number of likely N-dealkylation sites (tertiary alicyclic amines) is 1. The number of anilines is 1. The van der Waals surface area contributed by atoms with Crippen molar-refractivity contribution in [3.05, 3.63) is 30.0 Å². The van der Waals surface area contributed by atoms with Gasteiger partial charge in [-0.3, -0.25) is 0 Å². The van der Waals surface area contributed by atoms with Crippen LogP contribution >= 0.6 is 0 Å². The van der Waals surface area contributed by atoms with Crippen molar-refractivity contribution in [3.8, 4) is 6.07 Å². The lowest BCUT2D eigenvalue weighted by Crippen LogP contribution is -2.46. The normalized spacial score (nSPS) is 22.1. The Balaban J connectivity index is 1.96. The predicted molar refractivity (Wildman–Crippen MR) is 87.1 cm³/mol. The summed E-state index contributed by atoms with van der Waals surface area (Å²) in [5.74, 6) is 0. The summed E-state index contributed by atoms with van der Waals surface area (Å²) in [4.78, 5) is 1.89. The van der Waals surface area contributed by atoms with Gasteiger partial charge in [-0.05, 0) is 31.7 Å². The lowest BCUT2D eigenvalue weighted by molar-refractivity contribution is -0.139. The summed E-state index contributed by atoms with van der Waals surface area (Å²) in [7, 11) is 1.84. The quantitative estimate of drug-likeness (QED) is 0.858. The second kappa shape index (κ2) is 6.56. The molecular formula is C17H18F4N4. The largest absolute Gasteiger partial charge is 0.406 e. The molecule has 0 amide bonds. The van der Waals surface area contributed by atoms with Gasteiger partial charge in [0.25, 0.3) is 0 Å². The molecule has 1 aromatic heterocycles. The molecule has 0 bridgehead atoms. The van der Waals surface area contributed by atoms with Crippen LogP contribution < -0.4 is 5.32 Å². The van der Waals surface area contributed by atoms with Crippen LogP contribution in [0.2, 0.25) is 0 Å². The van der Waals surface area contributed by atoms with E-state index in [1.54, 1.807) is 12.1 Å². The molecule has 0 spiro atoms. The first kappa shape index (κ1) is 17.5. The zero-order valence-electron chi connectivity index (χ0n) is 13.6. The third-order valence-corrected chi connectivity index (χ3v) is 4.45. The van der Waals surface area contributed by atoms with E-state index in [2.05, 4.69) is 5.32 Å². The molecule has 1 N–H and O–H groups in total. The molecule has 134 valence electrons. The smallest absolute Gasteiger partial charge is 0.379 e. The average molecular weight is 354 g/mol. The summed E-state index contributed by atoms with van der Waals surface area (Å²) in [6, 6.07) is 6.07. The molecule has 1 aliphatic rings. The number of fused-ring (bicyclic) bond motifs is 1. The number of nitrogens with zero attached hydrogens (tertiary/aromatic N) is 3. The standard InChI is InChI=1S/C17H18F4N4/c1-24-4-3-14(13(18)9-24)23-15-6-11(8-22)7-16-12(15)2-5-25(16)10-17(19,20)21/h2,5-7,13-14,23H,3-4,9-10H2,1H3. The van der Waals surface area contributed by atoms with Gasteiger partial charge < -0.3 is 14.8 Å². The van der Waals surface area contributed by atoms with E-state index in [0.29, 0.717) is 29.6 Å². The van der Waals surface area contributed by atoms with E-state index in [4.69, 9.17) is 0 Å². The van der Waals surface area contributed by atoms with Gasteiger partial charge >= 0.3 is 6.18 Å². The third kappa shape index (κ3) is 3.87. The first-order valence-electron chi connectivity index (χ1n) is 7.96. The fourth-order valence-corrected chi connectivity index (χ4v) is 3.23. The minimum Gasteiger partial charge on any atom is -0.379 e. The molecule has 25 heavy (non-hydrogen) atoms. The summed E-state index contributed by atoms with van der Waals surface area (Å²) in [5.41, 5.74) is 1.04. The van der Waals surface area contributed by atoms with E-state index < -0.39 is 24.9 Å². The second-order valence-electron chi connectivity index (χ2n) is 6.44. The highest BCUT2D eigenvalue weighted by Gasteiger charge is 2.30. The molecule has 8 heteroatoms. The maximum atomic E-state index is 14.3. The van der Waals surface area contributed by atoms with Gasteiger partial charge in [0.2, 0.25) is 0 Å². The summed E-state index contributed by atoms with van der Waals surface area (Å²) in [5, 5.41) is 12.8. The molecule has 1 aliphatic heterocycles. The highest BCUT2D eigenvalue weighted by molar-refractivity contribution is 5.94. The summed E-state index contributed by atoms with van der Waals surface area (Å²) >= 11 is 0. The minimum atomic E-state index is -4.36. The fraction of sp³-hybridized carbons (Fsp3) is 0.471. The van der Waals surface area contributed by atoms with Crippen LogP contribution in [-0.2, 0) is 6.54 Å². The van der Waals surface area contributed by atoms with Gasteiger partial charge in [-0.1, -0.05) is 0 Å². The Morgan fingerprint density at radius 1 is 1.36 bits per heavy atom. The number of hydrogen-bond acceptors (Lipinski definition) is 3. The molecule has 2 heterocycles. The Morgan fingerprint density at radius 3 is 2.76 bits per heavy atom. The number of alkyl halides is 4. The molecule has 1 aromatic carbocycles. The number of benzene rings is 1. The van der Waals surface area contributed by atoms with Crippen LogP contribution in [0.5, 0.6) is 0 Å². The molecule has 1 saturated heterocycles. The van der Waals surface area contributed by atoms with E-state index in [0.717, 1.165) is 11.1 Å². The van der Waals surface area contributed by atoms with Gasteiger partial charge in [0.1, 0.15) is 12.7 Å². The molecule has 4 nitrogen and oxygen atoms in total. The summed E-state index contributed by atoms with van der Waals surface area (Å²) < 4.78 is 53.5. The Hall–Kier alpha value is -2.27. The van der Waals surface area contributed by atoms with Gasteiger partial charge in [-0.2, -0.15) is 18.4 Å². The van der Waals surface area contributed by atoms with Crippen LogP contribution in [0.3, 0.4) is 0 Å². The molecule has 0 aliphatic carbocycles. The Labute approximate surface area is 142 Å². The topological polar surface area (TPSA) is 44.0 Å². The van der Waals surface area contributed by atoms with Gasteiger partial charge in [0, 0.05) is 30.4 Å². The molecule has 0 saturated carbocycles. The zero-order valence-corrected chi connectivity index (χ0v) is 13.6. The fourth-order valence-electron chi connectivity index (χ4n) is 3.23. The first-order valence-corrected chi connectivity index (χ1v) is 7.96. The van der Waals surface area contributed by atoms with Gasteiger partial charge in [-0.25, -0.2) is 4.39 Å². The monoisotopic (exact) mass is 354 g/mol. The van der Waals surface area contributed by atoms with Crippen molar-refractivity contribution in [1.82, 2.24) is 9.47 Å². The Bertz CT molecular complexity index is 805. The van der Waals surface area contributed by atoms with E-state index in [1.165, 1.54) is 12.3 Å². The highest BCUT2D eigenvalue weighted by atomic mass is 19.4. The maximum Gasteiger partial charge on any atom is 0.406 e. The summed E-state index contributed by atoms with van der Waals surface area (Å²) in [6.45, 7) is -0.104. The number of nitriles is 1. The van der Waals surface area contributed by atoms with E-state index >= 15 is 0 Å². The molecule has 0 radical (unpaired) electrons. The van der Waals surface area contributed by atoms with E-state index in [1.807, 2.05) is 18.0 Å². The van der Waals surface area contributed by atoms with Crippen LogP contribution in [0.25, 0.3) is 10.9 Å². The molecule has 2 aromatic rings. The number of nitrogens with one attached hydrogen (secondary N) is 1. The predicted octanol–water partition coefficient (Wildman–Crippen LogP) is 3.53. The van der Waals surface area contributed by atoms with Crippen molar-refractivity contribution in [2.24, 2.45) is 0 Å². The lowest BCUT2D eigenvalue weighted by Gasteiger charge is -2.33. The average Bonchev–Trinajstić information content (AvgIpc) is 2.91. The minimum absolute atomic E-state index is 0.237. The van der Waals surface area contributed by atoms with Crippen LogP contribution in [0.15, 0.2) is 24.4 Å². The van der Waals surface area contributed by atoms with Crippen molar-refractivity contribution in [1.29, 1.82) is 5.26 Å². The molecule has 2 atom stereocenters. The maximum absolute atomic E-state index is 14.3. The second-order valence-corrected chi connectivity index (χ2v) is 6.44. The van der Waals surface area contributed by atoms with Crippen molar-refractivity contribution in [2.75, 3.05) is 25.5 Å². The molecule has 2 unspecified atom stereocenters. The van der Waals surface area contributed by atoms with Gasteiger partial charge in [0.05, 0.1) is 23.2 Å². The highest BCUT2D eigenvalue weighted by Crippen LogP contribution is 2.31. The summed E-state index contributed by atoms with van der Waals surface area (Å²) in [6.07, 6.45) is -3.53. The Morgan fingerprint density at radius 2 is 2.12 bits per heavy atom. The van der Waals surface area contributed by atoms with Crippen LogP contribution in [0, 0.1) is 11.3 Å². The lowest BCUT2D eigenvalue weighted by atomic mass is 10.0. The van der Waals surface area contributed by atoms with Crippen molar-refractivity contribution in [3.63, 3.8) is 0 Å². The van der Waals surface area contributed by atoms with E-state index in [-0.39, 0.29) is 5.56 Å². The first-order chi connectivity index (χ1) is 11.8. The van der Waals surface area contributed by atoms with Crippen LogP contribution in [0.4, 0.5) is 23.2 Å². The van der Waals surface area contributed by atoms with Gasteiger partial charge in [-0.15, -0.1) is 0 Å². The SMILES string of the molecule is CN1CCC(Nc2cc(C#N)cc3c2ccn3CC(F)(F)F)C(F)C1. The molecular weight excluding hydrogens is 336 g/mol. The van der Waals surface area contributed by atoms with Crippen molar-refractivity contribution in [2.45, 2.75) is 31.4 Å². The van der Waals surface area contributed by atoms with E-state index in [9.17, 15) is 22.8 Å². The van der Waals surface area contributed by atoms with Gasteiger partial charge in [0.15, 0.2) is 0 Å². The number of rotatable bonds is 3. The number of halogens is 4. The Kier molecular flexibility index (Phi) is 4.60. The van der Waals surface area contributed by atoms with Crippen LogP contribution in [0.1, 0.15) is 12.0 Å². The number of piperidine rings is 1. The molecule has 1 fully saturated rings. The van der Waals surface area contributed by atoms with Crippen molar-refractivity contribution >= 4 is 16.6 Å².